The lowest BCUT2D eigenvalue weighted by molar-refractivity contribution is -0.133. The molecule has 6 heteroatoms. The van der Waals surface area contributed by atoms with E-state index in [1.807, 2.05) is 83.4 Å². The van der Waals surface area contributed by atoms with Gasteiger partial charge in [-0.1, -0.05) is 42.5 Å². The maximum atomic E-state index is 13.0. The molecule has 1 fully saturated rings. The molecule has 31 heavy (non-hydrogen) atoms. The van der Waals surface area contributed by atoms with Crippen LogP contribution in [-0.2, 0) is 16.1 Å². The molecule has 0 spiro atoms. The Morgan fingerprint density at radius 3 is 2.10 bits per heavy atom. The summed E-state index contributed by atoms with van der Waals surface area (Å²) in [6.07, 6.45) is 2.16. The second-order valence-electron chi connectivity index (χ2n) is 8.08. The van der Waals surface area contributed by atoms with E-state index in [9.17, 15) is 14.9 Å². The van der Waals surface area contributed by atoms with Crippen LogP contribution in [0.25, 0.3) is 0 Å². The van der Waals surface area contributed by atoms with E-state index in [1.165, 1.54) is 0 Å². The number of anilines is 2. The van der Waals surface area contributed by atoms with E-state index in [-0.39, 0.29) is 36.1 Å². The summed E-state index contributed by atoms with van der Waals surface area (Å²) in [5.41, 5.74) is 3.06. The fourth-order valence-electron chi connectivity index (χ4n) is 4.13. The van der Waals surface area contributed by atoms with Gasteiger partial charge in [-0.25, -0.2) is 0 Å². The van der Waals surface area contributed by atoms with Crippen molar-refractivity contribution in [2.24, 2.45) is 0 Å². The van der Waals surface area contributed by atoms with Gasteiger partial charge in [-0.15, -0.1) is 0 Å². The molecule has 6 nitrogen and oxygen atoms in total. The smallest absolute Gasteiger partial charge is 0.223 e. The summed E-state index contributed by atoms with van der Waals surface area (Å²) in [6, 6.07) is 20.0. The van der Waals surface area contributed by atoms with Crippen LogP contribution in [0.1, 0.15) is 31.2 Å². The normalized spacial score (nSPS) is 14.8. The number of hydrogen-bond acceptors (Lipinski definition) is 5. The van der Waals surface area contributed by atoms with Crippen LogP contribution < -0.4 is 9.80 Å². The number of hydrogen-bond donors (Lipinski definition) is 0. The molecule has 2 aromatic rings. The molecule has 0 unspecified atom stereocenters. The van der Waals surface area contributed by atoms with Gasteiger partial charge in [0.15, 0.2) is 5.78 Å². The second kappa shape index (κ2) is 8.65. The Kier molecular flexibility index (Phi) is 5.77. The number of ketones is 1. The highest BCUT2D eigenvalue weighted by Gasteiger charge is 2.34. The minimum absolute atomic E-state index is 0.0290. The molecule has 1 aliphatic heterocycles. The van der Waals surface area contributed by atoms with Gasteiger partial charge in [0, 0.05) is 39.5 Å². The van der Waals surface area contributed by atoms with Gasteiger partial charge in [-0.3, -0.25) is 9.59 Å². The van der Waals surface area contributed by atoms with E-state index in [1.54, 1.807) is 0 Å². The Bertz CT molecular complexity index is 1040. The Balaban J connectivity index is 1.47. The largest absolute Gasteiger partial charge is 0.335 e. The predicted octanol–water partition coefficient (Wildman–Crippen LogP) is 3.85. The first-order chi connectivity index (χ1) is 15.0. The molecule has 4 rings (SSSR count). The molecule has 2 aliphatic rings. The summed E-state index contributed by atoms with van der Waals surface area (Å²) in [5, 5.41) is 9.76. The summed E-state index contributed by atoms with van der Waals surface area (Å²) in [5.74, 6) is 0.232. The first kappa shape index (κ1) is 20.7. The van der Waals surface area contributed by atoms with Gasteiger partial charge in [0.05, 0.1) is 11.4 Å². The molecule has 1 amide bonds. The number of benzene rings is 2. The third kappa shape index (κ3) is 4.17. The van der Waals surface area contributed by atoms with Crippen molar-refractivity contribution < 1.29 is 9.59 Å². The van der Waals surface area contributed by atoms with Gasteiger partial charge in [0.25, 0.3) is 0 Å². The highest BCUT2D eigenvalue weighted by atomic mass is 16.2. The minimum Gasteiger partial charge on any atom is -0.335 e. The van der Waals surface area contributed by atoms with Gasteiger partial charge in [-0.05, 0) is 30.5 Å². The van der Waals surface area contributed by atoms with Crippen LogP contribution in [-0.4, -0.2) is 36.7 Å². The van der Waals surface area contributed by atoms with E-state index >= 15 is 0 Å². The summed E-state index contributed by atoms with van der Waals surface area (Å²) in [7, 11) is 3.70. The molecule has 1 aliphatic carbocycles. The number of allylic oxidation sites excluding steroid dienone is 1. The van der Waals surface area contributed by atoms with Crippen LogP contribution in [0.5, 0.6) is 0 Å². The molecule has 0 radical (unpaired) electrons. The molecule has 1 heterocycles. The van der Waals surface area contributed by atoms with Crippen molar-refractivity contribution in [1.82, 2.24) is 4.90 Å². The summed E-state index contributed by atoms with van der Waals surface area (Å²) in [6.45, 7) is 0.561. The standard InChI is InChI=1S/C25H26N4O2/c1-27-21-10-6-7-11-22(21)28(2)25(27)20(16-26)23(30)14-15-24(31)29(19-12-13-19)17-18-8-4-3-5-9-18/h3-11,19H,12-15,17H2,1-2H3. The molecular formula is C25H26N4O2. The zero-order chi connectivity index (χ0) is 22.0. The van der Waals surface area contributed by atoms with E-state index < -0.39 is 0 Å². The predicted molar refractivity (Wildman–Crippen MR) is 120 cm³/mol. The molecule has 0 atom stereocenters. The van der Waals surface area contributed by atoms with E-state index in [2.05, 4.69) is 6.07 Å². The molecule has 0 N–H and O–H groups in total. The summed E-state index contributed by atoms with van der Waals surface area (Å²) < 4.78 is 0. The van der Waals surface area contributed by atoms with Crippen LogP contribution in [0.4, 0.5) is 11.4 Å². The number of para-hydroxylation sites is 2. The van der Waals surface area contributed by atoms with Crippen LogP contribution >= 0.6 is 0 Å². The zero-order valence-electron chi connectivity index (χ0n) is 17.9. The number of nitrogens with zero attached hydrogens (tertiary/aromatic N) is 4. The Morgan fingerprint density at radius 2 is 1.55 bits per heavy atom. The first-order valence-electron chi connectivity index (χ1n) is 10.6. The van der Waals surface area contributed by atoms with Crippen molar-refractivity contribution in [1.29, 1.82) is 5.26 Å². The third-order valence-electron chi connectivity index (χ3n) is 5.92. The second-order valence-corrected chi connectivity index (χ2v) is 8.08. The molecule has 2 aromatic carbocycles. The highest BCUT2D eigenvalue weighted by Crippen LogP contribution is 2.40. The average molecular weight is 415 g/mol. The molecule has 0 aromatic heterocycles. The summed E-state index contributed by atoms with van der Waals surface area (Å²) >= 11 is 0. The van der Waals surface area contributed by atoms with Crippen LogP contribution in [0.2, 0.25) is 0 Å². The quantitative estimate of drug-likeness (QED) is 0.509. The SMILES string of the molecule is CN1C(=C(C#N)C(=O)CCC(=O)N(Cc2ccccc2)C2CC2)N(C)c2ccccc21. The Labute approximate surface area is 183 Å². The van der Waals surface area contributed by atoms with Gasteiger partial charge in [0.1, 0.15) is 17.5 Å². The fraction of sp³-hybridized carbons (Fsp3) is 0.320. The van der Waals surface area contributed by atoms with E-state index in [0.717, 1.165) is 29.8 Å². The number of rotatable bonds is 7. The molecule has 158 valence electrons. The lowest BCUT2D eigenvalue weighted by atomic mass is 10.1. The lowest BCUT2D eigenvalue weighted by Gasteiger charge is -2.23. The maximum absolute atomic E-state index is 13.0. The third-order valence-corrected chi connectivity index (χ3v) is 5.92. The number of amides is 1. The number of carbonyl (C=O) groups is 2. The first-order valence-corrected chi connectivity index (χ1v) is 10.6. The van der Waals surface area contributed by atoms with Gasteiger partial charge in [-0.2, -0.15) is 5.26 Å². The molecule has 0 bridgehead atoms. The van der Waals surface area contributed by atoms with E-state index in [4.69, 9.17) is 0 Å². The van der Waals surface area contributed by atoms with Gasteiger partial charge >= 0.3 is 0 Å². The average Bonchev–Trinajstić information content (AvgIpc) is 3.60. The molecule has 0 saturated heterocycles. The van der Waals surface area contributed by atoms with Crippen molar-refractivity contribution >= 4 is 23.1 Å². The fourth-order valence-corrected chi connectivity index (χ4v) is 4.13. The number of carbonyl (C=O) groups excluding carboxylic acids is 2. The number of fused-ring (bicyclic) bond motifs is 1. The van der Waals surface area contributed by atoms with Gasteiger partial charge < -0.3 is 14.7 Å². The minimum atomic E-state index is -0.298. The highest BCUT2D eigenvalue weighted by molar-refractivity contribution is 6.03. The number of Topliss-reactive ketones (excluding diaryl/α,β-unsaturated/α-hetero) is 1. The van der Waals surface area contributed by atoms with Gasteiger partial charge in [0.2, 0.25) is 5.91 Å². The Hall–Kier alpha value is -3.59. The lowest BCUT2D eigenvalue weighted by Crippen LogP contribution is -2.33. The van der Waals surface area contributed by atoms with Crippen LogP contribution in [0.3, 0.4) is 0 Å². The van der Waals surface area contributed by atoms with Crippen LogP contribution in [0, 0.1) is 11.3 Å². The monoisotopic (exact) mass is 414 g/mol. The van der Waals surface area contributed by atoms with Crippen molar-refractivity contribution in [3.8, 4) is 6.07 Å². The van der Waals surface area contributed by atoms with Crippen molar-refractivity contribution in [3.05, 3.63) is 71.6 Å². The Morgan fingerprint density at radius 1 is 0.968 bits per heavy atom. The zero-order valence-corrected chi connectivity index (χ0v) is 17.9. The van der Waals surface area contributed by atoms with Crippen molar-refractivity contribution in [3.63, 3.8) is 0 Å². The molecule has 1 saturated carbocycles. The van der Waals surface area contributed by atoms with Crippen molar-refractivity contribution in [2.45, 2.75) is 38.3 Å². The summed E-state index contributed by atoms with van der Waals surface area (Å²) in [4.78, 5) is 31.5. The van der Waals surface area contributed by atoms with Crippen molar-refractivity contribution in [2.75, 3.05) is 23.9 Å². The van der Waals surface area contributed by atoms with E-state index in [0.29, 0.717) is 12.4 Å². The maximum Gasteiger partial charge on any atom is 0.223 e. The van der Waals surface area contributed by atoms with Crippen LogP contribution in [0.15, 0.2) is 66.0 Å². The molecular weight excluding hydrogens is 388 g/mol. The topological polar surface area (TPSA) is 67.6 Å². The number of nitriles is 1.